The van der Waals surface area contributed by atoms with Crippen molar-refractivity contribution < 1.29 is 14.7 Å². The van der Waals surface area contributed by atoms with Crippen LogP contribution < -0.4 is 10.7 Å². The minimum atomic E-state index is -1.11. The van der Waals surface area contributed by atoms with E-state index in [1.54, 1.807) is 0 Å². The maximum Gasteiger partial charge on any atom is 0.325 e. The molecule has 6 nitrogen and oxygen atoms in total. The van der Waals surface area contributed by atoms with Gasteiger partial charge in [-0.3, -0.25) is 9.59 Å². The molecule has 0 saturated carbocycles. The van der Waals surface area contributed by atoms with Crippen LogP contribution in [-0.2, 0) is 9.59 Å². The minimum Gasteiger partial charge on any atom is -0.480 e. The van der Waals surface area contributed by atoms with Crippen LogP contribution in [0.1, 0.15) is 13.8 Å². The zero-order valence-corrected chi connectivity index (χ0v) is 7.37. The third kappa shape index (κ3) is 3.96. The van der Waals surface area contributed by atoms with Gasteiger partial charge in [0.25, 0.3) is 0 Å². The first-order chi connectivity index (χ1) is 5.99. The fourth-order valence-corrected chi connectivity index (χ4v) is 0.556. The van der Waals surface area contributed by atoms with Gasteiger partial charge >= 0.3 is 5.97 Å². The highest BCUT2D eigenvalue weighted by atomic mass is 16.4. The quantitative estimate of drug-likeness (QED) is 0.403. The molecule has 3 N–H and O–H groups in total. The van der Waals surface area contributed by atoms with Gasteiger partial charge in [-0.15, -0.1) is 5.43 Å². The number of hydrogen-bond donors (Lipinski definition) is 3. The molecule has 0 rings (SSSR count). The molecule has 0 heterocycles. The Morgan fingerprint density at radius 1 is 1.38 bits per heavy atom. The Labute approximate surface area is 75.7 Å². The summed E-state index contributed by atoms with van der Waals surface area (Å²) in [5, 5.41) is 10.7. The van der Waals surface area contributed by atoms with Crippen molar-refractivity contribution in [2.45, 2.75) is 25.9 Å². The topological polar surface area (TPSA) is 82.8 Å². The number of rotatable bonds is 4. The molecule has 2 atom stereocenters. The molecule has 6 heteroatoms. The summed E-state index contributed by atoms with van der Waals surface area (Å²) in [6.45, 7) is 9.24. The first kappa shape index (κ1) is 11.2. The minimum absolute atomic E-state index is 0.508. The number of hydrogen-bond acceptors (Lipinski definition) is 3. The van der Waals surface area contributed by atoms with Gasteiger partial charge in [-0.05, 0) is 13.8 Å². The first-order valence-electron chi connectivity index (χ1n) is 3.64. The summed E-state index contributed by atoms with van der Waals surface area (Å²) in [5.41, 5.74) is 2.18. The summed E-state index contributed by atoms with van der Waals surface area (Å²) in [6, 6.07) is -1.65. The summed E-state index contributed by atoms with van der Waals surface area (Å²) in [4.78, 5) is 24.2. The van der Waals surface area contributed by atoms with Gasteiger partial charge in [-0.1, -0.05) is 0 Å². The number of carbonyl (C=O) groups excluding carboxylic acids is 1. The predicted molar refractivity (Wildman–Crippen MR) is 44.4 cm³/mol. The van der Waals surface area contributed by atoms with Gasteiger partial charge in [-0.2, -0.15) is 11.5 Å². The number of nitrogens with zero attached hydrogens (tertiary/aromatic N) is 1. The molecule has 0 aromatic rings. The number of nitrogens with one attached hydrogen (secondary N) is 2. The van der Waals surface area contributed by atoms with Crippen molar-refractivity contribution in [3.63, 3.8) is 0 Å². The van der Waals surface area contributed by atoms with Crippen LogP contribution in [0.3, 0.4) is 0 Å². The molecular formula is C7H11N3O3. The standard InChI is InChI=1S/C7H11N3O3/c1-4(10-8-3)6(11)9-5(2)7(12)13/h4-5,10H,1-2H3,(H,9,11)(H,12,13)/t4-,5+/m0/s1. The van der Waals surface area contributed by atoms with E-state index in [4.69, 9.17) is 11.7 Å². The molecule has 0 unspecified atom stereocenters. The van der Waals surface area contributed by atoms with Crippen molar-refractivity contribution >= 4 is 11.9 Å². The smallest absolute Gasteiger partial charge is 0.325 e. The third-order valence-corrected chi connectivity index (χ3v) is 1.38. The van der Waals surface area contributed by atoms with E-state index in [1.165, 1.54) is 13.8 Å². The third-order valence-electron chi connectivity index (χ3n) is 1.38. The fraction of sp³-hybridized carbons (Fsp3) is 0.571. The average molecular weight is 185 g/mol. The van der Waals surface area contributed by atoms with Crippen LogP contribution in [0.5, 0.6) is 0 Å². The summed E-state index contributed by atoms with van der Waals surface area (Å²) >= 11 is 0. The van der Waals surface area contributed by atoms with Crippen LogP contribution in [0.25, 0.3) is 4.95 Å². The van der Waals surface area contributed by atoms with Crippen LogP contribution in [0.4, 0.5) is 0 Å². The fourth-order valence-electron chi connectivity index (χ4n) is 0.556. The van der Waals surface area contributed by atoms with Crippen molar-refractivity contribution in [2.24, 2.45) is 0 Å². The highest BCUT2D eigenvalue weighted by Gasteiger charge is 2.19. The normalized spacial score (nSPS) is 13.6. The zero-order valence-electron chi connectivity index (χ0n) is 7.37. The lowest BCUT2D eigenvalue weighted by atomic mass is 10.3. The molecule has 0 aromatic heterocycles. The Bertz CT molecular complexity index is 246. The Hall–Kier alpha value is -1.77. The lowest BCUT2D eigenvalue weighted by Crippen LogP contribution is -2.46. The van der Waals surface area contributed by atoms with Crippen LogP contribution in [-0.4, -0.2) is 29.1 Å². The second-order valence-electron chi connectivity index (χ2n) is 2.53. The lowest BCUT2D eigenvalue weighted by Gasteiger charge is -2.10. The van der Waals surface area contributed by atoms with Gasteiger partial charge in [0.2, 0.25) is 5.91 Å². The van der Waals surface area contributed by atoms with E-state index in [-0.39, 0.29) is 0 Å². The van der Waals surface area contributed by atoms with Crippen molar-refractivity contribution in [3.8, 4) is 0 Å². The summed E-state index contributed by atoms with van der Waals surface area (Å²) in [7, 11) is 0. The van der Waals surface area contributed by atoms with E-state index in [9.17, 15) is 9.59 Å². The van der Waals surface area contributed by atoms with E-state index in [0.29, 0.717) is 0 Å². The number of carboxylic acid groups (broad SMARTS) is 1. The van der Waals surface area contributed by atoms with Crippen LogP contribution in [0.15, 0.2) is 0 Å². The summed E-state index contributed by atoms with van der Waals surface area (Å²) in [5.74, 6) is -1.62. The van der Waals surface area contributed by atoms with Crippen molar-refractivity contribution in [2.75, 3.05) is 0 Å². The molecule has 0 spiro atoms. The number of carbonyl (C=O) groups is 2. The number of amides is 1. The van der Waals surface area contributed by atoms with Crippen molar-refractivity contribution in [1.82, 2.24) is 10.7 Å². The Morgan fingerprint density at radius 3 is 2.31 bits per heavy atom. The molecule has 13 heavy (non-hydrogen) atoms. The predicted octanol–water partition coefficient (Wildman–Crippen LogP) is -0.612. The second kappa shape index (κ2) is 4.98. The van der Waals surface area contributed by atoms with Gasteiger partial charge in [0.1, 0.15) is 6.04 Å². The summed E-state index contributed by atoms with van der Waals surface area (Å²) in [6.07, 6.45) is 0. The molecule has 1 amide bonds. The van der Waals surface area contributed by atoms with Gasteiger partial charge in [0.05, 0.1) is 0 Å². The molecule has 0 bridgehead atoms. The highest BCUT2D eigenvalue weighted by molar-refractivity contribution is 5.86. The molecule has 0 aliphatic carbocycles. The second-order valence-corrected chi connectivity index (χ2v) is 2.53. The molecule has 0 aliphatic rings. The maximum atomic E-state index is 11.1. The molecule has 0 saturated heterocycles. The van der Waals surface area contributed by atoms with Crippen molar-refractivity contribution in [1.29, 1.82) is 0 Å². The molecule has 0 fully saturated rings. The number of aliphatic carboxylic acids is 1. The largest absolute Gasteiger partial charge is 0.480 e. The zero-order chi connectivity index (χ0) is 10.4. The Morgan fingerprint density at radius 2 is 1.92 bits per heavy atom. The van der Waals surface area contributed by atoms with Crippen LogP contribution in [0, 0.1) is 6.57 Å². The van der Waals surface area contributed by atoms with Gasteiger partial charge in [-0.25, -0.2) is 0 Å². The molecule has 0 aromatic carbocycles. The lowest BCUT2D eigenvalue weighted by molar-refractivity contribution is -0.141. The SMILES string of the molecule is [C-]#[N+]N[C@@H](C)C(=O)N[C@H](C)C(=O)O. The Balaban J connectivity index is 4.01. The monoisotopic (exact) mass is 185 g/mol. The molecule has 0 aliphatic heterocycles. The Kier molecular flexibility index (Phi) is 4.30. The number of carboxylic acids is 1. The van der Waals surface area contributed by atoms with E-state index in [0.717, 1.165) is 0 Å². The van der Waals surface area contributed by atoms with Crippen molar-refractivity contribution in [3.05, 3.63) is 11.5 Å². The van der Waals surface area contributed by atoms with Crippen LogP contribution in [0.2, 0.25) is 0 Å². The average Bonchev–Trinajstić information content (AvgIpc) is 2.04. The van der Waals surface area contributed by atoms with E-state index in [2.05, 4.69) is 15.7 Å². The maximum absolute atomic E-state index is 11.1. The van der Waals surface area contributed by atoms with Gasteiger partial charge < -0.3 is 10.4 Å². The van der Waals surface area contributed by atoms with Gasteiger partial charge in [0.15, 0.2) is 6.04 Å². The van der Waals surface area contributed by atoms with E-state index >= 15 is 0 Å². The molecule has 72 valence electrons. The first-order valence-corrected chi connectivity index (χ1v) is 3.64. The van der Waals surface area contributed by atoms with E-state index in [1.807, 2.05) is 0 Å². The molecule has 0 radical (unpaired) electrons. The highest BCUT2D eigenvalue weighted by Crippen LogP contribution is 1.86. The molecular weight excluding hydrogens is 174 g/mol. The van der Waals surface area contributed by atoms with Gasteiger partial charge in [0, 0.05) is 0 Å². The summed E-state index contributed by atoms with van der Waals surface area (Å²) < 4.78 is 0. The van der Waals surface area contributed by atoms with E-state index < -0.39 is 24.0 Å². The van der Waals surface area contributed by atoms with Crippen LogP contribution >= 0.6 is 0 Å².